The first-order valence-electron chi connectivity index (χ1n) is 7.91. The van der Waals surface area contributed by atoms with Crippen LogP contribution in [0.3, 0.4) is 0 Å². The van der Waals surface area contributed by atoms with E-state index in [1.165, 1.54) is 6.07 Å². The molecular weight excluding hydrogens is 437 g/mol. The van der Waals surface area contributed by atoms with Gasteiger partial charge in [-0.2, -0.15) is 4.39 Å². The minimum absolute atomic E-state index is 0.0571. The molecule has 4 rings (SSSR count). The maximum atomic E-state index is 13.5. The second kappa shape index (κ2) is 7.27. The van der Waals surface area contributed by atoms with Crippen molar-refractivity contribution in [2.45, 2.75) is 13.2 Å². The van der Waals surface area contributed by atoms with Gasteiger partial charge < -0.3 is 8.94 Å². The van der Waals surface area contributed by atoms with Gasteiger partial charge >= 0.3 is 13.5 Å². The Morgan fingerprint density at radius 2 is 2.07 bits per heavy atom. The Balaban J connectivity index is 1.56. The SMILES string of the molecule is O=c1[nH]c(=O)n(-c2cc3c(o2)COP(=O)(OCc2ccc(F)cc2Cl)O3)cc1F. The fourth-order valence-corrected chi connectivity index (χ4v) is 3.81. The number of nitrogens with zero attached hydrogens (tertiary/aromatic N) is 1. The lowest BCUT2D eigenvalue weighted by molar-refractivity contribution is 0.118. The molecule has 1 atom stereocenters. The van der Waals surface area contributed by atoms with E-state index in [0.717, 1.165) is 18.2 Å². The molecule has 0 aliphatic carbocycles. The van der Waals surface area contributed by atoms with Crippen LogP contribution in [0.1, 0.15) is 11.3 Å². The zero-order valence-corrected chi connectivity index (χ0v) is 15.8. The van der Waals surface area contributed by atoms with Gasteiger partial charge in [-0.1, -0.05) is 17.7 Å². The van der Waals surface area contributed by atoms with Crippen molar-refractivity contribution < 1.29 is 31.3 Å². The molecule has 9 nitrogen and oxygen atoms in total. The summed E-state index contributed by atoms with van der Waals surface area (Å²) in [6, 6.07) is 4.75. The topological polar surface area (TPSA) is 113 Å². The molecule has 1 aliphatic heterocycles. The summed E-state index contributed by atoms with van der Waals surface area (Å²) in [5.74, 6) is -1.94. The van der Waals surface area contributed by atoms with Crippen LogP contribution in [0.2, 0.25) is 5.02 Å². The summed E-state index contributed by atoms with van der Waals surface area (Å²) in [6.07, 6.45) is 0.638. The van der Waals surface area contributed by atoms with Crippen LogP contribution < -0.4 is 15.8 Å². The molecule has 1 unspecified atom stereocenters. The van der Waals surface area contributed by atoms with Crippen LogP contribution in [-0.4, -0.2) is 9.55 Å². The maximum Gasteiger partial charge on any atom is 0.530 e. The van der Waals surface area contributed by atoms with Crippen molar-refractivity contribution in [1.29, 1.82) is 0 Å². The first-order chi connectivity index (χ1) is 13.7. The van der Waals surface area contributed by atoms with Gasteiger partial charge in [-0.3, -0.25) is 18.8 Å². The zero-order valence-electron chi connectivity index (χ0n) is 14.2. The van der Waals surface area contributed by atoms with Gasteiger partial charge in [0.25, 0.3) is 5.56 Å². The molecule has 0 radical (unpaired) electrons. The minimum Gasteiger partial charge on any atom is -0.438 e. The molecule has 13 heteroatoms. The summed E-state index contributed by atoms with van der Waals surface area (Å²) in [5.41, 5.74) is -1.78. The molecule has 0 bridgehead atoms. The molecule has 0 amide bonds. The van der Waals surface area contributed by atoms with E-state index in [1.54, 1.807) is 4.98 Å². The quantitative estimate of drug-likeness (QED) is 0.612. The largest absolute Gasteiger partial charge is 0.530 e. The molecule has 152 valence electrons. The minimum atomic E-state index is -4.08. The van der Waals surface area contributed by atoms with E-state index >= 15 is 0 Å². The van der Waals surface area contributed by atoms with Crippen molar-refractivity contribution in [3.8, 4) is 11.6 Å². The lowest BCUT2D eigenvalue weighted by atomic mass is 10.2. The van der Waals surface area contributed by atoms with Crippen LogP contribution in [0.25, 0.3) is 5.88 Å². The fraction of sp³-hybridized carbons (Fsp3) is 0.125. The summed E-state index contributed by atoms with van der Waals surface area (Å²) in [6.45, 7) is -0.620. The molecule has 0 saturated heterocycles. The van der Waals surface area contributed by atoms with Gasteiger partial charge in [0.2, 0.25) is 11.7 Å². The molecule has 1 aromatic carbocycles. The Hall–Kier alpha value is -2.72. The van der Waals surface area contributed by atoms with Crippen molar-refractivity contribution in [2.24, 2.45) is 0 Å². The number of rotatable bonds is 4. The number of aromatic nitrogens is 2. The highest BCUT2D eigenvalue weighted by molar-refractivity contribution is 7.49. The van der Waals surface area contributed by atoms with Gasteiger partial charge in [-0.25, -0.2) is 18.3 Å². The predicted octanol–water partition coefficient (Wildman–Crippen LogP) is 3.28. The number of hydrogen-bond acceptors (Lipinski definition) is 7. The standard InChI is InChI=1S/C16H10ClF2N2O7P/c17-10-3-9(18)2-1-8(10)6-25-29(24)26-7-13-12(28-29)4-14(27-13)21-5-11(19)15(22)20-16(21)23/h1-5H,6-7H2,(H,20,22,23). The number of halogens is 3. The highest BCUT2D eigenvalue weighted by atomic mass is 35.5. The highest BCUT2D eigenvalue weighted by Crippen LogP contribution is 2.55. The smallest absolute Gasteiger partial charge is 0.438 e. The van der Waals surface area contributed by atoms with E-state index in [0.29, 0.717) is 16.3 Å². The average molecular weight is 447 g/mol. The zero-order chi connectivity index (χ0) is 20.8. The Kier molecular flexibility index (Phi) is 4.91. The monoisotopic (exact) mass is 446 g/mol. The van der Waals surface area contributed by atoms with Gasteiger partial charge in [0.15, 0.2) is 11.5 Å². The fourth-order valence-electron chi connectivity index (χ4n) is 2.44. The van der Waals surface area contributed by atoms with E-state index < -0.39 is 30.7 Å². The van der Waals surface area contributed by atoms with E-state index in [2.05, 4.69) is 0 Å². The predicted molar refractivity (Wildman–Crippen MR) is 94.1 cm³/mol. The second-order valence-electron chi connectivity index (χ2n) is 5.80. The molecule has 3 aromatic rings. The molecule has 0 spiro atoms. The van der Waals surface area contributed by atoms with Crippen LogP contribution in [0, 0.1) is 11.6 Å². The summed E-state index contributed by atoms with van der Waals surface area (Å²) >= 11 is 5.89. The van der Waals surface area contributed by atoms with Crippen molar-refractivity contribution in [2.75, 3.05) is 0 Å². The summed E-state index contributed by atoms with van der Waals surface area (Å²) in [7, 11) is -4.08. The lowest BCUT2D eigenvalue weighted by Gasteiger charge is -2.21. The van der Waals surface area contributed by atoms with Crippen molar-refractivity contribution in [3.05, 3.63) is 79.3 Å². The molecule has 0 saturated carbocycles. The normalized spacial score (nSPS) is 18.3. The number of benzene rings is 1. The maximum absolute atomic E-state index is 13.5. The van der Waals surface area contributed by atoms with Gasteiger partial charge in [0.1, 0.15) is 12.4 Å². The molecule has 1 aliphatic rings. The van der Waals surface area contributed by atoms with Gasteiger partial charge in [-0.15, -0.1) is 0 Å². The van der Waals surface area contributed by atoms with Gasteiger partial charge in [0, 0.05) is 11.1 Å². The van der Waals surface area contributed by atoms with Crippen LogP contribution >= 0.6 is 19.4 Å². The molecule has 1 N–H and O–H groups in total. The third-order valence-electron chi connectivity index (χ3n) is 3.85. The molecule has 0 fully saturated rings. The van der Waals surface area contributed by atoms with Crippen molar-refractivity contribution >= 4 is 19.4 Å². The molecule has 3 heterocycles. The number of phosphoric acid groups is 1. The van der Waals surface area contributed by atoms with Crippen LogP contribution in [0.4, 0.5) is 8.78 Å². The molecular formula is C16H10ClF2N2O7P. The second-order valence-corrected chi connectivity index (χ2v) is 7.80. The average Bonchev–Trinajstić information content (AvgIpc) is 3.06. The summed E-state index contributed by atoms with van der Waals surface area (Å²) in [5, 5.41) is 0.0689. The number of aromatic amines is 1. The van der Waals surface area contributed by atoms with Crippen LogP contribution in [-0.2, 0) is 26.8 Å². The third kappa shape index (κ3) is 3.90. The number of nitrogens with one attached hydrogen (secondary N) is 1. The first-order valence-corrected chi connectivity index (χ1v) is 9.75. The number of H-pyrrole nitrogens is 1. The van der Waals surface area contributed by atoms with Gasteiger partial charge in [-0.05, 0) is 17.7 Å². The lowest BCUT2D eigenvalue weighted by Crippen LogP contribution is -2.30. The summed E-state index contributed by atoms with van der Waals surface area (Å²) < 4.78 is 60.8. The Labute approximate surface area is 165 Å². The van der Waals surface area contributed by atoms with Crippen LogP contribution in [0.15, 0.2) is 44.5 Å². The van der Waals surface area contributed by atoms with E-state index in [4.69, 9.17) is 29.6 Å². The first kappa shape index (κ1) is 19.6. The van der Waals surface area contributed by atoms with Crippen molar-refractivity contribution in [3.63, 3.8) is 0 Å². The Bertz CT molecular complexity index is 1270. The highest BCUT2D eigenvalue weighted by Gasteiger charge is 2.37. The van der Waals surface area contributed by atoms with Crippen LogP contribution in [0.5, 0.6) is 5.75 Å². The van der Waals surface area contributed by atoms with Crippen molar-refractivity contribution in [1.82, 2.24) is 9.55 Å². The van der Waals surface area contributed by atoms with Gasteiger partial charge in [0.05, 0.1) is 12.8 Å². The number of fused-ring (bicyclic) bond motifs is 1. The van der Waals surface area contributed by atoms with E-state index in [1.807, 2.05) is 0 Å². The molecule has 2 aromatic heterocycles. The number of furan rings is 1. The number of phosphoric ester groups is 1. The molecule has 29 heavy (non-hydrogen) atoms. The van der Waals surface area contributed by atoms with E-state index in [-0.39, 0.29) is 35.6 Å². The van der Waals surface area contributed by atoms with E-state index in [9.17, 15) is 22.9 Å². The Morgan fingerprint density at radius 3 is 2.83 bits per heavy atom. The number of hydrogen-bond donors (Lipinski definition) is 1. The summed E-state index contributed by atoms with van der Waals surface area (Å²) in [4.78, 5) is 24.7. The third-order valence-corrected chi connectivity index (χ3v) is 5.51. The Morgan fingerprint density at radius 1 is 1.28 bits per heavy atom.